The first kappa shape index (κ1) is 28.4. The average molecular weight is 485 g/mol. The second-order valence-electron chi connectivity index (χ2n) is 6.21. The van der Waals surface area contributed by atoms with Gasteiger partial charge in [-0.1, -0.05) is 0 Å². The van der Waals surface area contributed by atoms with Gasteiger partial charge in [0.1, 0.15) is 18.1 Å². The second kappa shape index (κ2) is 15.2. The number of thioether (sulfide) groups is 1. The number of carbonyl (C=O) groups excluding carboxylic acids is 3. The molecule has 0 spiro atoms. The summed E-state index contributed by atoms with van der Waals surface area (Å²) in [5, 5.41) is 24.9. The van der Waals surface area contributed by atoms with E-state index in [1.165, 1.54) is 11.8 Å². The van der Waals surface area contributed by atoms with Gasteiger partial charge in [-0.05, 0) is 24.9 Å². The number of hydrogen-bond acceptors (Lipinski definition) is 9. The Morgan fingerprint density at radius 3 is 1.73 bits per heavy atom. The van der Waals surface area contributed by atoms with Crippen LogP contribution in [0.3, 0.4) is 0 Å². The fraction of sp³-hybridized carbons (Fsp3) is 0.688. The lowest BCUT2D eigenvalue weighted by molar-refractivity contribution is -0.142. The molecule has 0 aromatic rings. The van der Waals surface area contributed by atoms with E-state index in [4.69, 9.17) is 10.8 Å². The van der Waals surface area contributed by atoms with Gasteiger partial charge < -0.3 is 31.9 Å². The molecule has 0 radical (unpaired) electrons. The van der Waals surface area contributed by atoms with Gasteiger partial charge in [0.15, 0.2) is 0 Å². The molecule has 4 unspecified atom stereocenters. The standard InChI is InChI=1S/C16H28N4O7S3/c1-30-5-4-9(16(26)27)18-14(24)11(7-29)20-15(25)10(6-28)19-13(23)8(17)2-3-12(21)22/h8-11,28-29H,2-7,17H2,1H3,(H,18,24)(H,19,23)(H,20,25)(H,21,22)(H,26,27). The van der Waals surface area contributed by atoms with Gasteiger partial charge >= 0.3 is 11.9 Å². The van der Waals surface area contributed by atoms with Crippen LogP contribution in [0.5, 0.6) is 0 Å². The molecule has 0 aliphatic heterocycles. The molecule has 0 saturated heterocycles. The van der Waals surface area contributed by atoms with E-state index in [2.05, 4.69) is 41.2 Å². The van der Waals surface area contributed by atoms with Crippen LogP contribution in [0.2, 0.25) is 0 Å². The number of hydrogen-bond donors (Lipinski definition) is 8. The number of amides is 3. The van der Waals surface area contributed by atoms with Crippen molar-refractivity contribution in [2.45, 2.75) is 43.4 Å². The van der Waals surface area contributed by atoms with Gasteiger partial charge in [-0.2, -0.15) is 37.0 Å². The molecule has 0 bridgehead atoms. The Bertz CT molecular complexity index is 624. The third kappa shape index (κ3) is 10.9. The Morgan fingerprint density at radius 2 is 1.33 bits per heavy atom. The van der Waals surface area contributed by atoms with Crippen LogP contribution in [0.4, 0.5) is 0 Å². The van der Waals surface area contributed by atoms with Crippen LogP contribution in [-0.4, -0.2) is 87.6 Å². The number of carbonyl (C=O) groups is 5. The molecule has 0 saturated carbocycles. The highest BCUT2D eigenvalue weighted by molar-refractivity contribution is 7.98. The topological polar surface area (TPSA) is 188 Å². The summed E-state index contributed by atoms with van der Waals surface area (Å²) in [4.78, 5) is 58.6. The minimum absolute atomic E-state index is 0.113. The first-order chi connectivity index (χ1) is 14.1. The third-order valence-electron chi connectivity index (χ3n) is 3.86. The minimum Gasteiger partial charge on any atom is -0.481 e. The van der Waals surface area contributed by atoms with Crippen molar-refractivity contribution >= 4 is 66.7 Å². The van der Waals surface area contributed by atoms with Gasteiger partial charge in [0.05, 0.1) is 6.04 Å². The van der Waals surface area contributed by atoms with Gasteiger partial charge in [0, 0.05) is 17.9 Å². The van der Waals surface area contributed by atoms with E-state index in [1.807, 2.05) is 0 Å². The summed E-state index contributed by atoms with van der Waals surface area (Å²) in [6.45, 7) is 0. The van der Waals surface area contributed by atoms with E-state index in [0.29, 0.717) is 5.75 Å². The maximum absolute atomic E-state index is 12.4. The smallest absolute Gasteiger partial charge is 0.326 e. The highest BCUT2D eigenvalue weighted by atomic mass is 32.2. The van der Waals surface area contributed by atoms with Crippen molar-refractivity contribution in [2.24, 2.45) is 5.73 Å². The van der Waals surface area contributed by atoms with Gasteiger partial charge in [0.25, 0.3) is 0 Å². The number of rotatable bonds is 15. The number of carboxylic acid groups (broad SMARTS) is 2. The van der Waals surface area contributed by atoms with Crippen molar-refractivity contribution in [3.8, 4) is 0 Å². The van der Waals surface area contributed by atoms with Crippen LogP contribution in [0, 0.1) is 0 Å². The molecule has 7 N–H and O–H groups in total. The zero-order chi connectivity index (χ0) is 23.3. The molecular formula is C16H28N4O7S3. The second-order valence-corrected chi connectivity index (χ2v) is 7.92. The fourth-order valence-electron chi connectivity index (χ4n) is 2.11. The summed E-state index contributed by atoms with van der Waals surface area (Å²) in [7, 11) is 0. The van der Waals surface area contributed by atoms with Crippen LogP contribution in [0.25, 0.3) is 0 Å². The molecule has 0 aliphatic carbocycles. The number of thiol groups is 2. The largest absolute Gasteiger partial charge is 0.481 e. The van der Waals surface area contributed by atoms with Gasteiger partial charge in [0.2, 0.25) is 17.7 Å². The van der Waals surface area contributed by atoms with E-state index in [0.717, 1.165) is 0 Å². The lowest BCUT2D eigenvalue weighted by Crippen LogP contribution is -2.58. The molecular weight excluding hydrogens is 456 g/mol. The zero-order valence-electron chi connectivity index (χ0n) is 16.4. The van der Waals surface area contributed by atoms with Crippen molar-refractivity contribution in [1.82, 2.24) is 16.0 Å². The molecule has 30 heavy (non-hydrogen) atoms. The summed E-state index contributed by atoms with van der Waals surface area (Å²) >= 11 is 9.44. The maximum Gasteiger partial charge on any atom is 0.326 e. The SMILES string of the molecule is CSCCC(NC(=O)C(CS)NC(=O)C(CS)NC(=O)C(N)CCC(=O)O)C(=O)O. The van der Waals surface area contributed by atoms with E-state index < -0.39 is 53.8 Å². The molecule has 4 atom stereocenters. The van der Waals surface area contributed by atoms with Crippen molar-refractivity contribution in [3.63, 3.8) is 0 Å². The molecule has 0 aromatic carbocycles. The highest BCUT2D eigenvalue weighted by Gasteiger charge is 2.29. The molecule has 0 aliphatic rings. The zero-order valence-corrected chi connectivity index (χ0v) is 19.0. The molecule has 0 aromatic heterocycles. The van der Waals surface area contributed by atoms with Crippen LogP contribution in [0.15, 0.2) is 0 Å². The summed E-state index contributed by atoms with van der Waals surface area (Å²) in [6, 6.07) is -4.53. The first-order valence-electron chi connectivity index (χ1n) is 8.89. The van der Waals surface area contributed by atoms with E-state index >= 15 is 0 Å². The van der Waals surface area contributed by atoms with E-state index in [9.17, 15) is 29.1 Å². The predicted octanol–water partition coefficient (Wildman–Crippen LogP) is -1.67. The number of carboxylic acids is 2. The van der Waals surface area contributed by atoms with E-state index in [-0.39, 0.29) is 30.8 Å². The average Bonchev–Trinajstić information content (AvgIpc) is 2.70. The maximum atomic E-state index is 12.4. The molecule has 11 nitrogen and oxygen atoms in total. The van der Waals surface area contributed by atoms with Crippen LogP contribution in [-0.2, 0) is 24.0 Å². The summed E-state index contributed by atoms with van der Waals surface area (Å²) in [6.07, 6.45) is 1.59. The summed E-state index contributed by atoms with van der Waals surface area (Å²) < 4.78 is 0. The van der Waals surface area contributed by atoms with Gasteiger partial charge in [-0.25, -0.2) is 4.79 Å². The van der Waals surface area contributed by atoms with Crippen molar-refractivity contribution in [3.05, 3.63) is 0 Å². The predicted molar refractivity (Wildman–Crippen MR) is 119 cm³/mol. The van der Waals surface area contributed by atoms with Crippen LogP contribution >= 0.6 is 37.0 Å². The summed E-state index contributed by atoms with van der Waals surface area (Å²) in [5.74, 6) is -4.22. The monoisotopic (exact) mass is 484 g/mol. The summed E-state index contributed by atoms with van der Waals surface area (Å²) in [5.41, 5.74) is 5.60. The van der Waals surface area contributed by atoms with Crippen LogP contribution < -0.4 is 21.7 Å². The number of nitrogens with one attached hydrogen (secondary N) is 3. The van der Waals surface area contributed by atoms with E-state index in [1.54, 1.807) is 6.26 Å². The molecule has 172 valence electrons. The lowest BCUT2D eigenvalue weighted by atomic mass is 10.1. The molecule has 0 rings (SSSR count). The Balaban J connectivity index is 4.91. The minimum atomic E-state index is -1.20. The number of aliphatic carboxylic acids is 2. The molecule has 0 fully saturated rings. The first-order valence-corrected chi connectivity index (χ1v) is 11.5. The molecule has 14 heteroatoms. The lowest BCUT2D eigenvalue weighted by Gasteiger charge is -2.23. The van der Waals surface area contributed by atoms with Crippen LogP contribution in [0.1, 0.15) is 19.3 Å². The molecule has 0 heterocycles. The fourth-order valence-corrected chi connectivity index (χ4v) is 3.10. The van der Waals surface area contributed by atoms with Gasteiger partial charge in [-0.3, -0.25) is 19.2 Å². The van der Waals surface area contributed by atoms with Crippen molar-refractivity contribution in [1.29, 1.82) is 0 Å². The Hall–Kier alpha value is -1.64. The quantitative estimate of drug-likeness (QED) is 0.126. The van der Waals surface area contributed by atoms with Crippen molar-refractivity contribution in [2.75, 3.05) is 23.5 Å². The normalized spacial score (nSPS) is 14.7. The Morgan fingerprint density at radius 1 is 0.867 bits per heavy atom. The Labute approximate surface area is 189 Å². The van der Waals surface area contributed by atoms with Crippen molar-refractivity contribution < 1.29 is 34.2 Å². The third-order valence-corrected chi connectivity index (χ3v) is 5.24. The highest BCUT2D eigenvalue weighted by Crippen LogP contribution is 2.03. The van der Waals surface area contributed by atoms with Gasteiger partial charge in [-0.15, -0.1) is 0 Å². The molecule has 3 amide bonds. The number of nitrogens with two attached hydrogens (primary N) is 1. The Kier molecular flexibility index (Phi) is 14.4.